The van der Waals surface area contributed by atoms with Gasteiger partial charge in [-0.2, -0.15) is 0 Å². The SMILES string of the molecule is Cc1ccc(CNC(=O)C2=C(C(=O)Cn3cc(CO)nn3)COC2c2ccc(F)cc2)cc1. The summed E-state index contributed by atoms with van der Waals surface area (Å²) in [5, 5.41) is 19.6. The van der Waals surface area contributed by atoms with Crippen molar-refractivity contribution >= 4 is 11.7 Å². The van der Waals surface area contributed by atoms with Gasteiger partial charge < -0.3 is 15.2 Å². The van der Waals surface area contributed by atoms with E-state index in [1.165, 1.54) is 35.1 Å². The van der Waals surface area contributed by atoms with E-state index in [0.29, 0.717) is 11.3 Å². The van der Waals surface area contributed by atoms with Gasteiger partial charge in [-0.05, 0) is 30.2 Å². The predicted octanol–water partition coefficient (Wildman–Crippen LogP) is 2.17. The van der Waals surface area contributed by atoms with Gasteiger partial charge in [0.25, 0.3) is 5.91 Å². The summed E-state index contributed by atoms with van der Waals surface area (Å²) >= 11 is 0. The van der Waals surface area contributed by atoms with Gasteiger partial charge in [0.2, 0.25) is 0 Å². The first-order valence-electron chi connectivity index (χ1n) is 10.4. The summed E-state index contributed by atoms with van der Waals surface area (Å²) in [6.07, 6.45) is 0.661. The second-order valence-corrected chi connectivity index (χ2v) is 7.79. The van der Waals surface area contributed by atoms with Gasteiger partial charge in [-0.3, -0.25) is 9.59 Å². The molecule has 1 aliphatic rings. The van der Waals surface area contributed by atoms with Gasteiger partial charge in [0.15, 0.2) is 5.78 Å². The number of Topliss-reactive ketones (excluding diaryl/α,β-unsaturated/α-hetero) is 1. The number of ether oxygens (including phenoxy) is 1. The molecule has 0 radical (unpaired) electrons. The number of nitrogens with zero attached hydrogens (tertiary/aromatic N) is 3. The van der Waals surface area contributed by atoms with E-state index < -0.39 is 17.8 Å². The van der Waals surface area contributed by atoms with Crippen molar-refractivity contribution < 1.29 is 23.8 Å². The molecule has 1 amide bonds. The fourth-order valence-electron chi connectivity index (χ4n) is 3.59. The fraction of sp³-hybridized carbons (Fsp3) is 0.250. The van der Waals surface area contributed by atoms with Gasteiger partial charge >= 0.3 is 0 Å². The first-order chi connectivity index (χ1) is 15.9. The van der Waals surface area contributed by atoms with Crippen molar-refractivity contribution in [3.8, 4) is 0 Å². The van der Waals surface area contributed by atoms with Gasteiger partial charge in [-0.25, -0.2) is 9.07 Å². The Labute approximate surface area is 189 Å². The number of carbonyl (C=O) groups excluding carboxylic acids is 2. The molecule has 1 aliphatic heterocycles. The highest BCUT2D eigenvalue weighted by atomic mass is 19.1. The molecule has 9 heteroatoms. The molecular formula is C24H23FN4O4. The largest absolute Gasteiger partial charge is 0.390 e. The highest BCUT2D eigenvalue weighted by Gasteiger charge is 2.35. The number of aromatic nitrogens is 3. The van der Waals surface area contributed by atoms with E-state index >= 15 is 0 Å². The molecule has 2 aromatic carbocycles. The number of nitrogens with one attached hydrogen (secondary N) is 1. The molecule has 0 bridgehead atoms. The molecule has 4 rings (SSSR count). The summed E-state index contributed by atoms with van der Waals surface area (Å²) < 4.78 is 20.5. The predicted molar refractivity (Wildman–Crippen MR) is 116 cm³/mol. The maximum atomic E-state index is 13.4. The first kappa shape index (κ1) is 22.5. The summed E-state index contributed by atoms with van der Waals surface area (Å²) in [7, 11) is 0. The molecule has 33 heavy (non-hydrogen) atoms. The average Bonchev–Trinajstić information content (AvgIpc) is 3.46. The second-order valence-electron chi connectivity index (χ2n) is 7.79. The molecule has 1 unspecified atom stereocenters. The van der Waals surface area contributed by atoms with Gasteiger partial charge in [0.05, 0.1) is 25.0 Å². The zero-order valence-corrected chi connectivity index (χ0v) is 18.0. The van der Waals surface area contributed by atoms with E-state index in [1.807, 2.05) is 31.2 Å². The molecule has 0 spiro atoms. The van der Waals surface area contributed by atoms with Crippen molar-refractivity contribution in [1.82, 2.24) is 20.3 Å². The van der Waals surface area contributed by atoms with Crippen LogP contribution in [0, 0.1) is 12.7 Å². The van der Waals surface area contributed by atoms with Crippen molar-refractivity contribution in [3.05, 3.63) is 94.1 Å². The van der Waals surface area contributed by atoms with Crippen molar-refractivity contribution in [1.29, 1.82) is 0 Å². The smallest absolute Gasteiger partial charge is 0.250 e. The zero-order chi connectivity index (χ0) is 23.4. The van der Waals surface area contributed by atoms with Crippen LogP contribution in [-0.2, 0) is 34.0 Å². The first-order valence-corrected chi connectivity index (χ1v) is 10.4. The molecule has 2 heterocycles. The highest BCUT2D eigenvalue weighted by molar-refractivity contribution is 6.07. The Morgan fingerprint density at radius 3 is 2.58 bits per heavy atom. The van der Waals surface area contributed by atoms with Crippen LogP contribution in [-0.4, -0.2) is 38.4 Å². The summed E-state index contributed by atoms with van der Waals surface area (Å²) in [5.74, 6) is -1.19. The third-order valence-corrected chi connectivity index (χ3v) is 5.36. The van der Waals surface area contributed by atoms with E-state index in [9.17, 15) is 14.0 Å². The molecular weight excluding hydrogens is 427 g/mol. The number of carbonyl (C=O) groups is 2. The number of ketones is 1. The fourth-order valence-corrected chi connectivity index (χ4v) is 3.59. The molecule has 170 valence electrons. The third-order valence-electron chi connectivity index (χ3n) is 5.36. The van der Waals surface area contributed by atoms with E-state index in [2.05, 4.69) is 15.6 Å². The number of aliphatic hydroxyl groups is 1. The number of aliphatic hydroxyl groups excluding tert-OH is 1. The molecule has 0 fully saturated rings. The lowest BCUT2D eigenvalue weighted by atomic mass is 9.96. The van der Waals surface area contributed by atoms with Crippen LogP contribution in [0.4, 0.5) is 4.39 Å². The number of hydrogen-bond acceptors (Lipinski definition) is 6. The normalized spacial score (nSPS) is 15.7. The average molecular weight is 450 g/mol. The number of hydrogen-bond donors (Lipinski definition) is 2. The maximum Gasteiger partial charge on any atom is 0.250 e. The standard InChI is InChI=1S/C24H23FN4O4/c1-15-2-4-16(5-3-15)10-26-24(32)22-20(21(31)12-29-11-19(13-30)27-28-29)14-33-23(22)17-6-8-18(25)9-7-17/h2-9,11,23,30H,10,12-14H2,1H3,(H,26,32). The van der Waals surface area contributed by atoms with Crippen molar-refractivity contribution in [2.24, 2.45) is 0 Å². The molecule has 2 N–H and O–H groups in total. The Hall–Kier alpha value is -3.69. The van der Waals surface area contributed by atoms with Crippen LogP contribution in [0.15, 0.2) is 65.9 Å². The van der Waals surface area contributed by atoms with E-state index in [1.54, 1.807) is 0 Å². The second kappa shape index (κ2) is 9.85. The Bertz CT molecular complexity index is 1190. The highest BCUT2D eigenvalue weighted by Crippen LogP contribution is 2.35. The molecule has 0 saturated heterocycles. The third kappa shape index (κ3) is 5.21. The van der Waals surface area contributed by atoms with Gasteiger partial charge in [0, 0.05) is 12.1 Å². The number of rotatable bonds is 8. The lowest BCUT2D eigenvalue weighted by molar-refractivity contribution is -0.119. The molecule has 0 aliphatic carbocycles. The molecule has 1 aromatic heterocycles. The molecule has 3 aromatic rings. The minimum absolute atomic E-state index is 0.0598. The maximum absolute atomic E-state index is 13.4. The number of benzene rings is 2. The lowest BCUT2D eigenvalue weighted by Crippen LogP contribution is -2.28. The van der Waals surface area contributed by atoms with Crippen LogP contribution in [0.3, 0.4) is 0 Å². The van der Waals surface area contributed by atoms with Gasteiger partial charge in [-0.1, -0.05) is 47.2 Å². The van der Waals surface area contributed by atoms with Crippen molar-refractivity contribution in [2.75, 3.05) is 6.61 Å². The van der Waals surface area contributed by atoms with Crippen molar-refractivity contribution in [2.45, 2.75) is 32.7 Å². The Morgan fingerprint density at radius 2 is 1.91 bits per heavy atom. The van der Waals surface area contributed by atoms with E-state index in [-0.39, 0.29) is 43.2 Å². The zero-order valence-electron chi connectivity index (χ0n) is 18.0. The minimum Gasteiger partial charge on any atom is -0.390 e. The minimum atomic E-state index is -0.800. The topological polar surface area (TPSA) is 106 Å². The van der Waals surface area contributed by atoms with Crippen LogP contribution in [0.5, 0.6) is 0 Å². The van der Waals surface area contributed by atoms with Crippen LogP contribution < -0.4 is 5.32 Å². The van der Waals surface area contributed by atoms with Crippen molar-refractivity contribution in [3.63, 3.8) is 0 Å². The quantitative estimate of drug-likeness (QED) is 0.545. The van der Waals surface area contributed by atoms with Gasteiger partial charge in [-0.15, -0.1) is 5.10 Å². The van der Waals surface area contributed by atoms with Gasteiger partial charge in [0.1, 0.15) is 24.2 Å². The lowest BCUT2D eigenvalue weighted by Gasteiger charge is -2.15. The van der Waals surface area contributed by atoms with Crippen LogP contribution in [0.25, 0.3) is 0 Å². The summed E-state index contributed by atoms with van der Waals surface area (Å²) in [6.45, 7) is 1.75. The van der Waals surface area contributed by atoms with E-state index in [4.69, 9.17) is 9.84 Å². The Balaban J connectivity index is 1.60. The van der Waals surface area contributed by atoms with E-state index in [0.717, 1.165) is 11.1 Å². The number of halogens is 1. The molecule has 8 nitrogen and oxygen atoms in total. The summed E-state index contributed by atoms with van der Waals surface area (Å²) in [5.41, 5.74) is 3.35. The Kier molecular flexibility index (Phi) is 6.71. The summed E-state index contributed by atoms with van der Waals surface area (Å²) in [6, 6.07) is 13.4. The monoisotopic (exact) mass is 450 g/mol. The van der Waals surface area contributed by atoms with Crippen LogP contribution in [0.1, 0.15) is 28.5 Å². The van der Waals surface area contributed by atoms with Crippen LogP contribution in [0.2, 0.25) is 0 Å². The molecule has 1 atom stereocenters. The number of amides is 1. The molecule has 0 saturated carbocycles. The Morgan fingerprint density at radius 1 is 1.18 bits per heavy atom. The van der Waals surface area contributed by atoms with Crippen LogP contribution >= 0.6 is 0 Å². The number of aryl methyl sites for hydroxylation is 1. The summed E-state index contributed by atoms with van der Waals surface area (Å²) in [4.78, 5) is 26.3.